The monoisotopic (exact) mass is 764 g/mol. The van der Waals surface area contributed by atoms with E-state index in [1.807, 2.05) is 0 Å². The number of ether oxygens (including phenoxy) is 1. The lowest BCUT2D eigenvalue weighted by atomic mass is 9.84. The van der Waals surface area contributed by atoms with E-state index in [9.17, 15) is 34.0 Å². The van der Waals surface area contributed by atoms with Crippen molar-refractivity contribution >= 4 is 48.9 Å². The van der Waals surface area contributed by atoms with Crippen LogP contribution >= 0.6 is 19.2 Å². The molecule has 1 saturated carbocycles. The molecule has 1 aliphatic carbocycles. The van der Waals surface area contributed by atoms with Gasteiger partial charge in [0, 0.05) is 30.2 Å². The molecule has 3 atom stereocenters. The van der Waals surface area contributed by atoms with Gasteiger partial charge in [-0.25, -0.2) is 9.59 Å². The molecule has 1 heterocycles. The number of halogens is 1. The molecule has 2 aromatic carbocycles. The zero-order valence-electron chi connectivity index (χ0n) is 29.7. The molecular weight excluding hydrogens is 715 g/mol. The molecule has 14 nitrogen and oxygen atoms in total. The Bertz CT molecular complexity index is 1570. The first-order valence-electron chi connectivity index (χ1n) is 17.8. The number of hydrogen-bond acceptors (Lipinski definition) is 9. The summed E-state index contributed by atoms with van der Waals surface area (Å²) in [5.41, 5.74) is 1.87. The van der Waals surface area contributed by atoms with E-state index in [2.05, 4.69) is 10.6 Å². The van der Waals surface area contributed by atoms with Crippen LogP contribution in [0.2, 0.25) is 5.02 Å². The van der Waals surface area contributed by atoms with Gasteiger partial charge in [0.15, 0.2) is 5.85 Å². The summed E-state index contributed by atoms with van der Waals surface area (Å²) < 4.78 is 30.1. The SMILES string of the molecule is CCOP(=O)(OCC)C(O)[C@H](CCC(=O)N1CCN(C(=O)O)Cc2ccccc21)NC(=O)[C@H](CC1CCCCC1)NC(=O)OCc1cccc(Cl)c1. The van der Waals surface area contributed by atoms with Crippen molar-refractivity contribution in [1.29, 1.82) is 0 Å². The summed E-state index contributed by atoms with van der Waals surface area (Å²) in [5.74, 6) is -2.75. The van der Waals surface area contributed by atoms with Crippen molar-refractivity contribution in [3.05, 3.63) is 64.7 Å². The first-order valence-corrected chi connectivity index (χ1v) is 19.8. The second-order valence-corrected chi connectivity index (χ2v) is 15.5. The van der Waals surface area contributed by atoms with Crippen LogP contribution in [0.1, 0.15) is 76.3 Å². The zero-order valence-corrected chi connectivity index (χ0v) is 31.4. The van der Waals surface area contributed by atoms with Crippen molar-refractivity contribution in [3.8, 4) is 0 Å². The van der Waals surface area contributed by atoms with Crippen LogP contribution in [-0.2, 0) is 41.1 Å². The molecule has 52 heavy (non-hydrogen) atoms. The van der Waals surface area contributed by atoms with E-state index in [1.54, 1.807) is 62.4 Å². The van der Waals surface area contributed by atoms with Crippen LogP contribution in [0.5, 0.6) is 0 Å². The number of alkyl carbamates (subject to hydrolysis) is 1. The number of fused-ring (bicyclic) bond motifs is 1. The molecule has 2 aromatic rings. The topological polar surface area (TPSA) is 184 Å². The van der Waals surface area contributed by atoms with E-state index in [0.29, 0.717) is 28.3 Å². The Balaban J connectivity index is 1.55. The van der Waals surface area contributed by atoms with Gasteiger partial charge in [0.2, 0.25) is 11.8 Å². The third-order valence-corrected chi connectivity index (χ3v) is 11.7. The van der Waals surface area contributed by atoms with Gasteiger partial charge in [-0.15, -0.1) is 0 Å². The fraction of sp³-hybridized carbons (Fsp3) is 0.556. The van der Waals surface area contributed by atoms with E-state index in [0.717, 1.165) is 32.1 Å². The number of anilines is 1. The van der Waals surface area contributed by atoms with Gasteiger partial charge in [-0.1, -0.05) is 74.0 Å². The number of hydrogen-bond donors (Lipinski definition) is 4. The maximum Gasteiger partial charge on any atom is 0.408 e. The van der Waals surface area contributed by atoms with Gasteiger partial charge in [-0.3, -0.25) is 14.2 Å². The molecule has 0 spiro atoms. The van der Waals surface area contributed by atoms with Crippen molar-refractivity contribution in [2.75, 3.05) is 31.2 Å². The predicted molar refractivity (Wildman–Crippen MR) is 195 cm³/mol. The molecule has 286 valence electrons. The molecule has 1 aliphatic heterocycles. The van der Waals surface area contributed by atoms with Gasteiger partial charge in [-0.2, -0.15) is 0 Å². The number of aliphatic hydroxyl groups excluding tert-OH is 1. The minimum absolute atomic E-state index is 0.0527. The highest BCUT2D eigenvalue weighted by Crippen LogP contribution is 2.53. The minimum atomic E-state index is -4.21. The summed E-state index contributed by atoms with van der Waals surface area (Å²) >= 11 is 6.06. The first-order chi connectivity index (χ1) is 24.9. The van der Waals surface area contributed by atoms with Crippen LogP contribution in [0.25, 0.3) is 0 Å². The Morgan fingerprint density at radius 2 is 1.69 bits per heavy atom. The lowest BCUT2D eigenvalue weighted by molar-refractivity contribution is -0.125. The number of nitrogens with one attached hydrogen (secondary N) is 2. The number of aliphatic hydroxyl groups is 1. The smallest absolute Gasteiger partial charge is 0.408 e. The molecule has 0 saturated heterocycles. The van der Waals surface area contributed by atoms with Gasteiger partial charge in [0.05, 0.1) is 25.8 Å². The van der Waals surface area contributed by atoms with Crippen molar-refractivity contribution in [2.45, 2.75) is 96.3 Å². The van der Waals surface area contributed by atoms with Crippen molar-refractivity contribution < 1.29 is 47.7 Å². The van der Waals surface area contributed by atoms with Crippen LogP contribution in [0.15, 0.2) is 48.5 Å². The number of benzene rings is 2. The number of carboxylic acid groups (broad SMARTS) is 1. The molecule has 0 radical (unpaired) electrons. The second-order valence-electron chi connectivity index (χ2n) is 13.0. The van der Waals surface area contributed by atoms with E-state index in [1.165, 1.54) is 9.80 Å². The molecule has 4 amide bonds. The number of nitrogens with zero attached hydrogens (tertiary/aromatic N) is 2. The van der Waals surface area contributed by atoms with E-state index < -0.39 is 49.5 Å². The van der Waals surface area contributed by atoms with Gasteiger partial charge in [0.1, 0.15) is 12.6 Å². The number of carbonyl (C=O) groups excluding carboxylic acids is 3. The normalized spacial score (nSPS) is 16.9. The van der Waals surface area contributed by atoms with Crippen molar-refractivity contribution in [3.63, 3.8) is 0 Å². The van der Waals surface area contributed by atoms with Gasteiger partial charge in [-0.05, 0) is 61.9 Å². The number of rotatable bonds is 16. The molecule has 2 aliphatic rings. The third-order valence-electron chi connectivity index (χ3n) is 9.27. The Hall–Kier alpha value is -3.68. The first kappa shape index (κ1) is 41.1. The Morgan fingerprint density at radius 3 is 2.37 bits per heavy atom. The third kappa shape index (κ3) is 11.7. The van der Waals surface area contributed by atoms with Crippen LogP contribution in [0, 0.1) is 5.92 Å². The zero-order chi connectivity index (χ0) is 37.7. The highest BCUT2D eigenvalue weighted by Gasteiger charge is 2.42. The fourth-order valence-corrected chi connectivity index (χ4v) is 8.64. The highest BCUT2D eigenvalue weighted by atomic mass is 35.5. The van der Waals surface area contributed by atoms with Crippen LogP contribution < -0.4 is 15.5 Å². The molecule has 4 N–H and O–H groups in total. The predicted octanol–water partition coefficient (Wildman–Crippen LogP) is 6.28. The largest absolute Gasteiger partial charge is 0.465 e. The van der Waals surface area contributed by atoms with Crippen LogP contribution in [-0.4, -0.2) is 83.3 Å². The average Bonchev–Trinajstić information content (AvgIpc) is 3.33. The summed E-state index contributed by atoms with van der Waals surface area (Å²) in [5, 5.41) is 27.1. The number of amides is 4. The van der Waals surface area contributed by atoms with Crippen LogP contribution in [0.3, 0.4) is 0 Å². The van der Waals surface area contributed by atoms with E-state index >= 15 is 0 Å². The summed E-state index contributed by atoms with van der Waals surface area (Å²) in [6.07, 6.45) is 2.82. The summed E-state index contributed by atoms with van der Waals surface area (Å²) in [4.78, 5) is 55.4. The standard InChI is InChI=1S/C36H50ClN4O10P/c1-3-50-52(48,51-4-2)34(44)29(17-18-32(42)41-20-19-40(36(46)47)23-27-14-8-9-16-31(27)41)38-33(43)30(22-25-11-6-5-7-12-25)39-35(45)49-24-26-13-10-15-28(37)21-26/h8-10,13-16,21,25,29-30,34,44H,3-7,11-12,17-20,22-24H2,1-2H3,(H,38,43)(H,39,45)(H,46,47)/t29-,30-,34?/m0/s1. The van der Waals surface area contributed by atoms with Crippen molar-refractivity contribution in [2.24, 2.45) is 5.92 Å². The van der Waals surface area contributed by atoms with Gasteiger partial charge >= 0.3 is 19.8 Å². The lowest BCUT2D eigenvalue weighted by Gasteiger charge is -2.32. The molecular formula is C36H50ClN4O10P. The lowest BCUT2D eigenvalue weighted by Crippen LogP contribution is -2.53. The molecule has 0 aromatic heterocycles. The Labute approximate surface area is 309 Å². The highest BCUT2D eigenvalue weighted by molar-refractivity contribution is 7.54. The molecule has 1 fully saturated rings. The summed E-state index contributed by atoms with van der Waals surface area (Å²) in [6, 6.07) is 11.5. The second kappa shape index (κ2) is 20.0. The number of para-hydroxylation sites is 1. The van der Waals surface area contributed by atoms with E-state index in [-0.39, 0.29) is 58.2 Å². The summed E-state index contributed by atoms with van der Waals surface area (Å²) in [6.45, 7) is 3.26. The molecule has 4 rings (SSSR count). The van der Waals surface area contributed by atoms with Gasteiger partial charge in [0.25, 0.3) is 0 Å². The Morgan fingerprint density at radius 1 is 0.981 bits per heavy atom. The average molecular weight is 765 g/mol. The van der Waals surface area contributed by atoms with Crippen LogP contribution in [0.4, 0.5) is 15.3 Å². The van der Waals surface area contributed by atoms with Crippen molar-refractivity contribution in [1.82, 2.24) is 15.5 Å². The maximum atomic E-state index is 14.0. The maximum absolute atomic E-state index is 14.0. The fourth-order valence-electron chi connectivity index (χ4n) is 6.67. The van der Waals surface area contributed by atoms with E-state index in [4.69, 9.17) is 25.4 Å². The molecule has 0 bridgehead atoms. The Kier molecular flexibility index (Phi) is 15.8. The molecule has 1 unspecified atom stereocenters. The summed E-state index contributed by atoms with van der Waals surface area (Å²) in [7, 11) is -4.21. The quantitative estimate of drug-likeness (QED) is 0.142. The molecule has 16 heteroatoms. The van der Waals surface area contributed by atoms with Gasteiger partial charge < -0.3 is 44.4 Å². The minimum Gasteiger partial charge on any atom is -0.465 e. The number of carbonyl (C=O) groups is 4.